The number of carbonyl (C=O) groups excluding carboxylic acids is 9. The van der Waals surface area contributed by atoms with Crippen molar-refractivity contribution in [3.8, 4) is 0 Å². The minimum absolute atomic E-state index is 0.0492. The Bertz CT molecular complexity index is 3760. The molecule has 3 aliphatic heterocycles. The SMILES string of the molecule is C=C1CCCC(N2Cc3cc(CNC(=O)NCCC)ccc3C2=O)C(=O)C1.C=C1CCCC(N2Cc3cc(CNC(=O)Nc4ccc(F)c(Cl)c4)ccc3C2=O)C(=O)C1.C=C1CCCC(N2Cc3cc(CNC(=O)Nc4cccc(Cl)c4C)ccc3C2=O)C(=O)C1. The predicted molar refractivity (Wildman–Crippen MR) is 348 cm³/mol. The number of Topliss-reactive ketones (excluding diaryl/α,β-unsaturated/α-hetero) is 3. The number of nitrogens with one attached hydrogen (secondary N) is 6. The third kappa shape index (κ3) is 16.7. The lowest BCUT2D eigenvalue weighted by Crippen LogP contribution is -2.40. The summed E-state index contributed by atoms with van der Waals surface area (Å²) >= 11 is 11.8. The van der Waals surface area contributed by atoms with Crippen LogP contribution in [-0.2, 0) is 53.7 Å². The van der Waals surface area contributed by atoms with Gasteiger partial charge in [0.25, 0.3) is 17.7 Å². The molecule has 3 atom stereocenters. The van der Waals surface area contributed by atoms with Gasteiger partial charge in [-0.15, -0.1) is 0 Å². The van der Waals surface area contributed by atoms with Crippen molar-refractivity contribution in [3.63, 3.8) is 0 Å². The van der Waals surface area contributed by atoms with E-state index in [9.17, 15) is 47.5 Å². The zero-order valence-electron chi connectivity index (χ0n) is 51.3. The highest BCUT2D eigenvalue weighted by Crippen LogP contribution is 2.35. The maximum atomic E-state index is 13.2. The lowest BCUT2D eigenvalue weighted by molar-refractivity contribution is -0.123. The summed E-state index contributed by atoms with van der Waals surface area (Å²) in [5, 5.41) is 17.1. The van der Waals surface area contributed by atoms with Gasteiger partial charge in [0.1, 0.15) is 5.82 Å². The van der Waals surface area contributed by atoms with Crippen LogP contribution in [0.5, 0.6) is 0 Å². The summed E-state index contributed by atoms with van der Waals surface area (Å²) in [5.41, 5.74) is 11.8. The first kappa shape index (κ1) is 66.5. The van der Waals surface area contributed by atoms with Crippen LogP contribution in [0.4, 0.5) is 30.1 Å². The number of amides is 9. The predicted octanol–water partition coefficient (Wildman–Crippen LogP) is 12.7. The molecule has 3 saturated carbocycles. The molecule has 0 saturated heterocycles. The number of carbonyl (C=O) groups is 9. The third-order valence-corrected chi connectivity index (χ3v) is 17.8. The number of hydrogen-bond acceptors (Lipinski definition) is 9. The average Bonchev–Trinajstić information content (AvgIpc) is 1.86. The van der Waals surface area contributed by atoms with Crippen molar-refractivity contribution in [3.05, 3.63) is 199 Å². The molecule has 3 heterocycles. The van der Waals surface area contributed by atoms with Gasteiger partial charge in [-0.05, 0) is 159 Å². The van der Waals surface area contributed by atoms with E-state index in [-0.39, 0.29) is 70.8 Å². The van der Waals surface area contributed by atoms with Crippen LogP contribution in [0.1, 0.15) is 160 Å². The first-order valence-electron chi connectivity index (χ1n) is 30.8. The molecule has 18 nitrogen and oxygen atoms in total. The van der Waals surface area contributed by atoms with Crippen LogP contribution in [0.15, 0.2) is 127 Å². The molecule has 6 aliphatic rings. The van der Waals surface area contributed by atoms with Crippen LogP contribution in [0, 0.1) is 12.7 Å². The Hall–Kier alpha value is -8.94. The van der Waals surface area contributed by atoms with E-state index in [1.807, 2.05) is 44.2 Å². The quantitative estimate of drug-likeness (QED) is 0.0485. The number of nitrogens with zero attached hydrogens (tertiary/aromatic N) is 3. The Kier molecular flexibility index (Phi) is 22.1. The van der Waals surface area contributed by atoms with E-state index in [4.69, 9.17) is 23.2 Å². The van der Waals surface area contributed by atoms with Crippen LogP contribution in [0.2, 0.25) is 10.0 Å². The van der Waals surface area contributed by atoms with Gasteiger partial charge in [-0.1, -0.05) is 109 Å². The fourth-order valence-corrected chi connectivity index (χ4v) is 12.6. The highest BCUT2D eigenvalue weighted by molar-refractivity contribution is 6.32. The minimum atomic E-state index is -0.560. The van der Waals surface area contributed by atoms with E-state index >= 15 is 0 Å². The monoisotopic (exact) mass is 1280 g/mol. The number of ketones is 3. The van der Waals surface area contributed by atoms with Gasteiger partial charge in [0.2, 0.25) is 0 Å². The minimum Gasteiger partial charge on any atom is -0.338 e. The van der Waals surface area contributed by atoms with Gasteiger partial charge in [0.15, 0.2) is 17.3 Å². The third-order valence-electron chi connectivity index (χ3n) is 17.1. The summed E-state index contributed by atoms with van der Waals surface area (Å²) in [6.45, 7) is 18.5. The lowest BCUT2D eigenvalue weighted by atomic mass is 10.1. The Morgan fingerprint density at radius 2 is 0.923 bits per heavy atom. The largest absolute Gasteiger partial charge is 0.338 e. The molecule has 11 rings (SSSR count). The fraction of sp³-hybridized carbons (Fsp3) is 0.357. The van der Waals surface area contributed by atoms with Crippen molar-refractivity contribution in [2.75, 3.05) is 17.2 Å². The number of rotatable bonds is 13. The normalized spacial score (nSPS) is 18.8. The molecule has 6 N–H and O–H groups in total. The topological polar surface area (TPSA) is 236 Å². The first-order valence-corrected chi connectivity index (χ1v) is 31.6. The van der Waals surface area contributed by atoms with Crippen molar-refractivity contribution in [1.29, 1.82) is 0 Å². The number of benzene rings is 5. The number of allylic oxidation sites excluding steroid dienone is 3. The maximum Gasteiger partial charge on any atom is 0.319 e. The fourth-order valence-electron chi connectivity index (χ4n) is 12.2. The summed E-state index contributed by atoms with van der Waals surface area (Å²) in [6.07, 6.45) is 9.07. The second-order valence-electron chi connectivity index (χ2n) is 23.9. The van der Waals surface area contributed by atoms with Crippen molar-refractivity contribution in [2.24, 2.45) is 0 Å². The summed E-state index contributed by atoms with van der Waals surface area (Å²) in [4.78, 5) is 118. The number of urea groups is 3. The molecular weight excluding hydrogens is 1200 g/mol. The van der Waals surface area contributed by atoms with Crippen LogP contribution < -0.4 is 31.9 Å². The number of halogens is 3. The smallest absolute Gasteiger partial charge is 0.319 e. The van der Waals surface area contributed by atoms with E-state index in [2.05, 4.69) is 51.6 Å². The molecule has 0 spiro atoms. The number of anilines is 2. The van der Waals surface area contributed by atoms with Crippen molar-refractivity contribution in [1.82, 2.24) is 36.0 Å². The van der Waals surface area contributed by atoms with Crippen molar-refractivity contribution < 1.29 is 47.5 Å². The summed E-state index contributed by atoms with van der Waals surface area (Å²) < 4.78 is 13.2. The van der Waals surface area contributed by atoms with Crippen LogP contribution in [-0.4, -0.2) is 92.5 Å². The van der Waals surface area contributed by atoms with E-state index in [1.54, 1.807) is 57.2 Å². The molecule has 3 fully saturated rings. The van der Waals surface area contributed by atoms with Gasteiger partial charge in [0, 0.05) is 98.2 Å². The van der Waals surface area contributed by atoms with Gasteiger partial charge in [0.05, 0.1) is 23.1 Å². The molecule has 5 aromatic rings. The maximum absolute atomic E-state index is 13.2. The molecule has 21 heteroatoms. The second kappa shape index (κ2) is 30.2. The van der Waals surface area contributed by atoms with Crippen LogP contribution >= 0.6 is 23.2 Å². The lowest BCUT2D eigenvalue weighted by Gasteiger charge is -2.25. The van der Waals surface area contributed by atoms with Crippen molar-refractivity contribution in [2.45, 2.75) is 155 Å². The average molecular weight is 1280 g/mol. The van der Waals surface area contributed by atoms with Gasteiger partial charge < -0.3 is 46.6 Å². The highest BCUT2D eigenvalue weighted by Gasteiger charge is 2.40. The van der Waals surface area contributed by atoms with E-state index < -0.39 is 17.9 Å². The van der Waals surface area contributed by atoms with E-state index in [0.717, 1.165) is 101 Å². The van der Waals surface area contributed by atoms with Gasteiger partial charge in [-0.3, -0.25) is 28.8 Å². The van der Waals surface area contributed by atoms with Crippen LogP contribution in [0.3, 0.4) is 0 Å². The Labute approximate surface area is 539 Å². The van der Waals surface area contributed by atoms with Crippen LogP contribution in [0.25, 0.3) is 0 Å². The van der Waals surface area contributed by atoms with Crippen molar-refractivity contribution >= 4 is 87.7 Å². The number of fused-ring (bicyclic) bond motifs is 3. The highest BCUT2D eigenvalue weighted by atomic mass is 35.5. The summed E-state index contributed by atoms with van der Waals surface area (Å²) in [7, 11) is 0. The Balaban J connectivity index is 0.000000162. The van der Waals surface area contributed by atoms with Gasteiger partial charge in [-0.2, -0.15) is 0 Å². The molecule has 3 aliphatic carbocycles. The molecule has 91 heavy (non-hydrogen) atoms. The number of hydrogen-bond donors (Lipinski definition) is 6. The molecule has 0 bridgehead atoms. The second-order valence-corrected chi connectivity index (χ2v) is 24.8. The molecule has 5 aromatic carbocycles. The van der Waals surface area contributed by atoms with E-state index in [0.29, 0.717) is 111 Å². The van der Waals surface area contributed by atoms with E-state index in [1.165, 1.54) is 18.2 Å². The molecule has 9 amide bonds. The molecule has 476 valence electrons. The zero-order chi connectivity index (χ0) is 65.0. The first-order chi connectivity index (χ1) is 43.6. The molecule has 0 radical (unpaired) electrons. The summed E-state index contributed by atoms with van der Waals surface area (Å²) in [5.74, 6) is -0.647. The van der Waals surface area contributed by atoms with Gasteiger partial charge >= 0.3 is 18.1 Å². The summed E-state index contributed by atoms with van der Waals surface area (Å²) in [6, 6.07) is 23.7. The zero-order valence-corrected chi connectivity index (χ0v) is 52.8. The molecular formula is C70H76Cl2FN9O9. The standard InChI is InChI=1S/C25H26ClN3O3.C24H23ClFN3O3.C21H27N3O3/c1-15-5-3-8-22(23(30)11-15)29-14-18-12-17(9-10-19(18)24(29)31)13-27-25(32)28-21-7-4-6-20(26)16(21)2;1-14-3-2-4-21(22(30)9-14)29-13-16-10-15(5-7-18(16)23(29)31)12-27-24(32)28-17-6-8-20(26)19(25)11-17;1-3-9-22-21(27)23-12-15-7-8-17-16(11-15)13-24(20(17)26)18-6-4-5-14(2)10-19(18)25/h4,6-7,9-10,12,22H,1,3,5,8,11,13-14H2,2H3,(H2,27,28,32);5-8,10-11,21H,1-4,9,12-13H2,(H2,27,28,32);7-8,11,18H,2-6,9-10,12-13H2,1H3,(H2,22,23,27). The molecule has 3 unspecified atom stereocenters. The molecule has 0 aromatic heterocycles. The Morgan fingerprint density at radius 1 is 0.516 bits per heavy atom. The Morgan fingerprint density at radius 3 is 1.33 bits per heavy atom. The van der Waals surface area contributed by atoms with Gasteiger partial charge in [-0.25, -0.2) is 18.8 Å².